The van der Waals surface area contributed by atoms with Crippen LogP contribution in [0, 0.1) is 11.8 Å². The highest BCUT2D eigenvalue weighted by molar-refractivity contribution is 5.79. The van der Waals surface area contributed by atoms with Crippen LogP contribution < -0.4 is 5.32 Å². The standard InChI is InChI=1S/C22H41N3O2/c1-3-18-7-9-19(10-8-18)16-24-22(23-2)25-13-11-20(12-14-25)27-17-21-6-4-5-15-26-21/h18-21H,3-17H2,1-2H3,(H,23,24). The van der Waals surface area contributed by atoms with Crippen LogP contribution >= 0.6 is 0 Å². The molecule has 0 aromatic heterocycles. The topological polar surface area (TPSA) is 46.1 Å². The van der Waals surface area contributed by atoms with Gasteiger partial charge in [0, 0.05) is 33.3 Å². The van der Waals surface area contributed by atoms with Crippen molar-refractivity contribution < 1.29 is 9.47 Å². The van der Waals surface area contributed by atoms with Crippen molar-refractivity contribution >= 4 is 5.96 Å². The lowest BCUT2D eigenvalue weighted by atomic mass is 9.81. The Morgan fingerprint density at radius 2 is 1.78 bits per heavy atom. The molecule has 1 saturated carbocycles. The highest BCUT2D eigenvalue weighted by atomic mass is 16.5. The second-order valence-electron chi connectivity index (χ2n) is 8.73. The summed E-state index contributed by atoms with van der Waals surface area (Å²) in [6.45, 7) is 7.18. The molecule has 0 spiro atoms. The van der Waals surface area contributed by atoms with Gasteiger partial charge in [0.25, 0.3) is 0 Å². The maximum absolute atomic E-state index is 6.15. The third-order valence-electron chi connectivity index (χ3n) is 6.84. The van der Waals surface area contributed by atoms with E-state index in [1.54, 1.807) is 0 Å². The van der Waals surface area contributed by atoms with Crippen LogP contribution in [0.15, 0.2) is 4.99 Å². The average Bonchev–Trinajstić information content (AvgIpc) is 2.74. The van der Waals surface area contributed by atoms with Gasteiger partial charge in [0.05, 0.1) is 18.8 Å². The molecule has 0 radical (unpaired) electrons. The van der Waals surface area contributed by atoms with Gasteiger partial charge in [-0.3, -0.25) is 4.99 Å². The first-order chi connectivity index (χ1) is 13.3. The van der Waals surface area contributed by atoms with Crippen molar-refractivity contribution in [1.29, 1.82) is 0 Å². The Hall–Kier alpha value is -0.810. The molecular weight excluding hydrogens is 338 g/mol. The first kappa shape index (κ1) is 20.9. The van der Waals surface area contributed by atoms with Crippen LogP contribution in [0.25, 0.3) is 0 Å². The minimum Gasteiger partial charge on any atom is -0.376 e. The number of hydrogen-bond donors (Lipinski definition) is 1. The number of rotatable bonds is 6. The summed E-state index contributed by atoms with van der Waals surface area (Å²) >= 11 is 0. The first-order valence-corrected chi connectivity index (χ1v) is 11.5. The van der Waals surface area contributed by atoms with Gasteiger partial charge < -0.3 is 19.7 Å². The zero-order chi connectivity index (χ0) is 18.9. The van der Waals surface area contributed by atoms with E-state index in [4.69, 9.17) is 9.47 Å². The molecule has 156 valence electrons. The lowest BCUT2D eigenvalue weighted by Gasteiger charge is -2.36. The quantitative estimate of drug-likeness (QED) is 0.563. The van der Waals surface area contributed by atoms with Crippen LogP contribution in [0.5, 0.6) is 0 Å². The van der Waals surface area contributed by atoms with Gasteiger partial charge in [-0.25, -0.2) is 0 Å². The second-order valence-corrected chi connectivity index (χ2v) is 8.73. The Bertz CT molecular complexity index is 435. The van der Waals surface area contributed by atoms with Crippen molar-refractivity contribution in [3.8, 4) is 0 Å². The van der Waals surface area contributed by atoms with Gasteiger partial charge in [-0.15, -0.1) is 0 Å². The van der Waals surface area contributed by atoms with Gasteiger partial charge in [-0.1, -0.05) is 26.2 Å². The van der Waals surface area contributed by atoms with Gasteiger partial charge in [0.15, 0.2) is 5.96 Å². The van der Waals surface area contributed by atoms with E-state index in [1.807, 2.05) is 7.05 Å². The molecular formula is C22H41N3O2. The summed E-state index contributed by atoms with van der Waals surface area (Å²) in [5.41, 5.74) is 0. The van der Waals surface area contributed by atoms with Crippen LogP contribution in [0.2, 0.25) is 0 Å². The van der Waals surface area contributed by atoms with Crippen LogP contribution in [0.1, 0.15) is 71.1 Å². The van der Waals surface area contributed by atoms with Gasteiger partial charge in [-0.2, -0.15) is 0 Å². The number of ether oxygens (including phenoxy) is 2. The second kappa shape index (κ2) is 11.3. The molecule has 2 aliphatic heterocycles. The number of guanidine groups is 1. The Morgan fingerprint density at radius 1 is 1.04 bits per heavy atom. The Morgan fingerprint density at radius 3 is 2.41 bits per heavy atom. The van der Waals surface area contributed by atoms with Gasteiger partial charge >= 0.3 is 0 Å². The molecule has 3 fully saturated rings. The van der Waals surface area contributed by atoms with Crippen molar-refractivity contribution in [2.24, 2.45) is 16.8 Å². The fourth-order valence-electron chi connectivity index (χ4n) is 4.83. The van der Waals surface area contributed by atoms with Crippen LogP contribution in [0.4, 0.5) is 0 Å². The van der Waals surface area contributed by atoms with Crippen LogP contribution in [-0.2, 0) is 9.47 Å². The highest BCUT2D eigenvalue weighted by Gasteiger charge is 2.25. The molecule has 3 rings (SSSR count). The number of nitrogens with one attached hydrogen (secondary N) is 1. The maximum Gasteiger partial charge on any atom is 0.193 e. The SMILES string of the molecule is CCC1CCC(CNC(=NC)N2CCC(OCC3CCCCO3)CC2)CC1. The Labute approximate surface area is 166 Å². The normalized spacial score (nSPS) is 31.1. The molecule has 1 N–H and O–H groups in total. The molecule has 1 atom stereocenters. The van der Waals surface area contributed by atoms with Crippen molar-refractivity contribution in [3.05, 3.63) is 0 Å². The number of likely N-dealkylation sites (tertiary alicyclic amines) is 1. The monoisotopic (exact) mass is 379 g/mol. The van der Waals surface area contributed by atoms with Crippen molar-refractivity contribution in [3.63, 3.8) is 0 Å². The molecule has 5 nitrogen and oxygen atoms in total. The summed E-state index contributed by atoms with van der Waals surface area (Å²) in [6, 6.07) is 0. The number of hydrogen-bond acceptors (Lipinski definition) is 3. The molecule has 2 heterocycles. The molecule has 27 heavy (non-hydrogen) atoms. The van der Waals surface area contributed by atoms with E-state index in [2.05, 4.69) is 22.1 Å². The van der Waals surface area contributed by atoms with E-state index in [9.17, 15) is 0 Å². The molecule has 0 bridgehead atoms. The van der Waals surface area contributed by atoms with Crippen molar-refractivity contribution in [2.75, 3.05) is 39.9 Å². The summed E-state index contributed by atoms with van der Waals surface area (Å²) in [4.78, 5) is 6.95. The number of aliphatic imine (C=N–C) groups is 1. The maximum atomic E-state index is 6.15. The summed E-state index contributed by atoms with van der Waals surface area (Å²) < 4.78 is 11.9. The molecule has 1 unspecified atom stereocenters. The molecule has 0 aromatic rings. The largest absolute Gasteiger partial charge is 0.376 e. The first-order valence-electron chi connectivity index (χ1n) is 11.5. The summed E-state index contributed by atoms with van der Waals surface area (Å²) in [7, 11) is 1.92. The zero-order valence-electron chi connectivity index (χ0n) is 17.6. The molecule has 0 aromatic carbocycles. The minimum atomic E-state index is 0.328. The van der Waals surface area contributed by atoms with Gasteiger partial charge in [0.1, 0.15) is 0 Å². The average molecular weight is 380 g/mol. The van der Waals surface area contributed by atoms with E-state index < -0.39 is 0 Å². The van der Waals surface area contributed by atoms with Crippen LogP contribution in [0.3, 0.4) is 0 Å². The molecule has 1 aliphatic carbocycles. The Kier molecular flexibility index (Phi) is 8.72. The van der Waals surface area contributed by atoms with E-state index in [0.29, 0.717) is 12.2 Å². The van der Waals surface area contributed by atoms with Gasteiger partial charge in [0.2, 0.25) is 0 Å². The minimum absolute atomic E-state index is 0.328. The number of piperidine rings is 1. The summed E-state index contributed by atoms with van der Waals surface area (Å²) in [6.07, 6.45) is 13.5. The third kappa shape index (κ3) is 6.63. The predicted molar refractivity (Wildman–Crippen MR) is 111 cm³/mol. The third-order valence-corrected chi connectivity index (χ3v) is 6.84. The fraction of sp³-hybridized carbons (Fsp3) is 0.955. The van der Waals surface area contributed by atoms with Gasteiger partial charge in [-0.05, 0) is 56.8 Å². The summed E-state index contributed by atoms with van der Waals surface area (Å²) in [5.74, 6) is 2.88. The fourth-order valence-corrected chi connectivity index (χ4v) is 4.83. The van der Waals surface area contributed by atoms with E-state index in [-0.39, 0.29) is 0 Å². The Balaban J connectivity index is 1.32. The molecule has 3 aliphatic rings. The lowest BCUT2D eigenvalue weighted by Crippen LogP contribution is -2.48. The van der Waals surface area contributed by atoms with E-state index in [1.165, 1.54) is 44.9 Å². The molecule has 0 amide bonds. The van der Waals surface area contributed by atoms with Crippen molar-refractivity contribution in [1.82, 2.24) is 10.2 Å². The van der Waals surface area contributed by atoms with Crippen LogP contribution in [-0.4, -0.2) is 63.0 Å². The molecule has 5 heteroatoms. The lowest BCUT2D eigenvalue weighted by molar-refractivity contribution is -0.0721. The molecule has 2 saturated heterocycles. The highest BCUT2D eigenvalue weighted by Crippen LogP contribution is 2.30. The van der Waals surface area contributed by atoms with E-state index >= 15 is 0 Å². The summed E-state index contributed by atoms with van der Waals surface area (Å²) in [5, 5.41) is 3.66. The number of nitrogens with zero attached hydrogens (tertiary/aromatic N) is 2. The van der Waals surface area contributed by atoms with E-state index in [0.717, 1.165) is 69.9 Å². The zero-order valence-corrected chi connectivity index (χ0v) is 17.6. The smallest absolute Gasteiger partial charge is 0.193 e. The predicted octanol–water partition coefficient (Wildman–Crippen LogP) is 3.83. The van der Waals surface area contributed by atoms with Crippen molar-refractivity contribution in [2.45, 2.75) is 83.3 Å².